The van der Waals surface area contributed by atoms with Gasteiger partial charge in [-0.3, -0.25) is 9.59 Å². The van der Waals surface area contributed by atoms with E-state index in [2.05, 4.69) is 20.4 Å². The molecule has 2 aliphatic heterocycles. The second-order valence-electron chi connectivity index (χ2n) is 8.99. The van der Waals surface area contributed by atoms with Crippen molar-refractivity contribution in [1.82, 2.24) is 20.4 Å². The van der Waals surface area contributed by atoms with Gasteiger partial charge in [-0.2, -0.15) is 4.98 Å². The van der Waals surface area contributed by atoms with Crippen molar-refractivity contribution in [3.05, 3.63) is 11.7 Å². The first-order chi connectivity index (χ1) is 15.1. The van der Waals surface area contributed by atoms with E-state index in [1.165, 1.54) is 38.6 Å². The van der Waals surface area contributed by atoms with E-state index in [4.69, 9.17) is 19.2 Å². The zero-order valence-corrected chi connectivity index (χ0v) is 18.5. The lowest BCUT2D eigenvalue weighted by atomic mass is 9.82. The predicted molar refractivity (Wildman–Crippen MR) is 113 cm³/mol. The molecule has 1 saturated carbocycles. The number of rotatable bonds is 7. The summed E-state index contributed by atoms with van der Waals surface area (Å²) >= 11 is 0. The molecule has 1 aromatic rings. The van der Waals surface area contributed by atoms with Crippen LogP contribution in [0.15, 0.2) is 4.52 Å². The van der Waals surface area contributed by atoms with Crippen LogP contribution in [0.4, 0.5) is 0 Å². The Bertz CT molecular complexity index is 691. The minimum atomic E-state index is -0.250. The highest BCUT2D eigenvalue weighted by Crippen LogP contribution is 2.36. The summed E-state index contributed by atoms with van der Waals surface area (Å²) in [6.07, 6.45) is 9.38. The fourth-order valence-electron chi connectivity index (χ4n) is 5.28. The monoisotopic (exact) mass is 436 g/mol. The number of hydrogen-bond donors (Lipinski definition) is 2. The predicted octanol–water partition coefficient (Wildman–Crippen LogP) is 2.04. The van der Waals surface area contributed by atoms with Crippen molar-refractivity contribution in [3.63, 3.8) is 0 Å². The summed E-state index contributed by atoms with van der Waals surface area (Å²) in [5, 5.41) is 13.7. The lowest BCUT2D eigenvalue weighted by Gasteiger charge is -2.38. The molecule has 9 heteroatoms. The summed E-state index contributed by atoms with van der Waals surface area (Å²) in [5.74, 6) is 3.29. The number of carbonyl (C=O) groups is 2. The van der Waals surface area contributed by atoms with Gasteiger partial charge in [-0.25, -0.2) is 0 Å². The molecule has 1 aliphatic carbocycles. The first kappa shape index (κ1) is 23.7. The van der Waals surface area contributed by atoms with Crippen LogP contribution in [0.2, 0.25) is 0 Å². The van der Waals surface area contributed by atoms with E-state index in [1.807, 2.05) is 0 Å². The smallest absolute Gasteiger partial charge is 0.290 e. The Balaban J connectivity index is 0.000000858. The number of carboxylic acid groups (broad SMARTS) is 1. The number of aromatic nitrogens is 2. The lowest BCUT2D eigenvalue weighted by molar-refractivity contribution is -0.124. The van der Waals surface area contributed by atoms with Crippen LogP contribution in [0.3, 0.4) is 0 Å². The second kappa shape index (κ2) is 12.1. The van der Waals surface area contributed by atoms with E-state index in [1.54, 1.807) is 6.92 Å². The number of aryl methyl sites for hydroxylation is 1. The second-order valence-corrected chi connectivity index (χ2v) is 8.99. The van der Waals surface area contributed by atoms with Gasteiger partial charge in [-0.05, 0) is 37.6 Å². The Kier molecular flexibility index (Phi) is 9.27. The summed E-state index contributed by atoms with van der Waals surface area (Å²) in [5.41, 5.74) is 0. The largest absolute Gasteiger partial charge is 0.483 e. The molecule has 0 radical (unpaired) electrons. The number of ether oxygens (including phenoxy) is 1. The average Bonchev–Trinajstić information content (AvgIpc) is 3.35. The Morgan fingerprint density at radius 1 is 1.29 bits per heavy atom. The van der Waals surface area contributed by atoms with Gasteiger partial charge < -0.3 is 24.6 Å². The summed E-state index contributed by atoms with van der Waals surface area (Å²) in [6.45, 7) is 6.44. The molecule has 0 spiro atoms. The van der Waals surface area contributed by atoms with Gasteiger partial charge in [0.25, 0.3) is 6.47 Å². The number of fused-ring (bicyclic) bond motifs is 1. The summed E-state index contributed by atoms with van der Waals surface area (Å²) in [6, 6.07) is 0. The average molecular weight is 437 g/mol. The minimum Gasteiger partial charge on any atom is -0.483 e. The molecule has 9 nitrogen and oxygen atoms in total. The van der Waals surface area contributed by atoms with Gasteiger partial charge in [0.2, 0.25) is 11.8 Å². The number of piperidine rings is 1. The molecule has 0 aromatic carbocycles. The van der Waals surface area contributed by atoms with Crippen molar-refractivity contribution < 1.29 is 24.0 Å². The molecule has 31 heavy (non-hydrogen) atoms. The van der Waals surface area contributed by atoms with E-state index in [-0.39, 0.29) is 18.5 Å². The number of amides is 1. The third-order valence-corrected chi connectivity index (χ3v) is 6.75. The van der Waals surface area contributed by atoms with Gasteiger partial charge in [-0.1, -0.05) is 24.4 Å². The molecule has 0 bridgehead atoms. The molecule has 0 unspecified atom stereocenters. The van der Waals surface area contributed by atoms with Crippen LogP contribution in [-0.2, 0) is 20.7 Å². The van der Waals surface area contributed by atoms with Crippen molar-refractivity contribution in [1.29, 1.82) is 0 Å². The molecular weight excluding hydrogens is 400 g/mol. The fraction of sp³-hybridized carbons (Fsp3) is 0.818. The number of nitrogens with one attached hydrogen (secondary N) is 1. The van der Waals surface area contributed by atoms with Gasteiger partial charge in [0.15, 0.2) is 5.82 Å². The van der Waals surface area contributed by atoms with E-state index in [0.717, 1.165) is 32.0 Å². The van der Waals surface area contributed by atoms with E-state index in [0.29, 0.717) is 42.9 Å². The van der Waals surface area contributed by atoms with Crippen LogP contribution >= 0.6 is 0 Å². The summed E-state index contributed by atoms with van der Waals surface area (Å²) in [7, 11) is 0. The molecule has 2 N–H and O–H groups in total. The molecule has 3 heterocycles. The molecule has 3 fully saturated rings. The highest BCUT2D eigenvalue weighted by molar-refractivity contribution is 5.76. The molecule has 1 aromatic heterocycles. The first-order valence-electron chi connectivity index (χ1n) is 11.6. The zero-order valence-electron chi connectivity index (χ0n) is 18.5. The third kappa shape index (κ3) is 7.28. The van der Waals surface area contributed by atoms with Crippen LogP contribution in [-0.4, -0.2) is 71.4 Å². The maximum absolute atomic E-state index is 12.3. The maximum atomic E-state index is 12.3. The van der Waals surface area contributed by atoms with E-state index >= 15 is 0 Å². The van der Waals surface area contributed by atoms with E-state index in [9.17, 15) is 4.79 Å². The van der Waals surface area contributed by atoms with Crippen molar-refractivity contribution in [2.45, 2.75) is 64.4 Å². The standard InChI is InChI=1S/C21H34N4O3.CH2O2/c1-15-23-20(24-28-15)7-9-22-21(26)11-19-18-8-10-25(13-17(18)14-27-19)12-16-5-3-2-4-6-16;2-1-3/h16-19H,2-14H2,1H3,(H,22,26);1H,(H,2,3)/t17-,18-,19+;/m1./s1. The van der Waals surface area contributed by atoms with Gasteiger partial charge in [-0.15, -0.1) is 0 Å². The molecule has 174 valence electrons. The quantitative estimate of drug-likeness (QED) is 0.624. The highest BCUT2D eigenvalue weighted by Gasteiger charge is 2.41. The minimum absolute atomic E-state index is 0.0653. The molecule has 4 rings (SSSR count). The van der Waals surface area contributed by atoms with Crippen molar-refractivity contribution in [2.75, 3.05) is 32.8 Å². The molecule has 1 amide bonds. The number of hydrogen-bond acceptors (Lipinski definition) is 7. The normalized spacial score (nSPS) is 26.5. The Hall–Kier alpha value is -2.00. The number of carbonyl (C=O) groups excluding carboxylic acids is 1. The van der Waals surface area contributed by atoms with Gasteiger partial charge >= 0.3 is 0 Å². The third-order valence-electron chi connectivity index (χ3n) is 6.75. The van der Waals surface area contributed by atoms with Crippen LogP contribution in [0.25, 0.3) is 0 Å². The van der Waals surface area contributed by atoms with Gasteiger partial charge in [0.05, 0.1) is 19.1 Å². The van der Waals surface area contributed by atoms with Crippen LogP contribution in [0, 0.1) is 24.7 Å². The molecule has 3 atom stereocenters. The summed E-state index contributed by atoms with van der Waals surface area (Å²) in [4.78, 5) is 27.5. The Morgan fingerprint density at radius 3 is 2.77 bits per heavy atom. The fourth-order valence-corrected chi connectivity index (χ4v) is 5.28. The van der Waals surface area contributed by atoms with Crippen molar-refractivity contribution in [3.8, 4) is 0 Å². The number of likely N-dealkylation sites (tertiary alicyclic amines) is 1. The highest BCUT2D eigenvalue weighted by atomic mass is 16.5. The van der Waals surface area contributed by atoms with Gasteiger partial charge in [0.1, 0.15) is 0 Å². The van der Waals surface area contributed by atoms with E-state index < -0.39 is 0 Å². The van der Waals surface area contributed by atoms with Crippen LogP contribution in [0.1, 0.15) is 56.7 Å². The first-order valence-corrected chi connectivity index (χ1v) is 11.6. The van der Waals surface area contributed by atoms with Crippen LogP contribution in [0.5, 0.6) is 0 Å². The topological polar surface area (TPSA) is 118 Å². The van der Waals surface area contributed by atoms with Crippen LogP contribution < -0.4 is 5.32 Å². The molecular formula is C22H36N4O5. The SMILES string of the molecule is Cc1nc(CCNC(=O)C[C@@H]2OC[C@H]3CN(CC4CCCCC4)CC[C@H]32)no1.O=CO. The van der Waals surface area contributed by atoms with Gasteiger partial charge in [0, 0.05) is 38.9 Å². The molecule has 3 aliphatic rings. The van der Waals surface area contributed by atoms with Crippen molar-refractivity contribution in [2.24, 2.45) is 17.8 Å². The Morgan fingerprint density at radius 2 is 2.06 bits per heavy atom. The summed E-state index contributed by atoms with van der Waals surface area (Å²) < 4.78 is 11.0. The van der Waals surface area contributed by atoms with Crippen molar-refractivity contribution >= 4 is 12.4 Å². The number of nitrogens with zero attached hydrogens (tertiary/aromatic N) is 3. The maximum Gasteiger partial charge on any atom is 0.290 e. The lowest BCUT2D eigenvalue weighted by Crippen LogP contribution is -2.44. The Labute approximate surface area is 183 Å². The zero-order chi connectivity index (χ0) is 22.1. The molecule has 2 saturated heterocycles.